The summed E-state index contributed by atoms with van der Waals surface area (Å²) in [5.41, 5.74) is 6.66. The van der Waals surface area contributed by atoms with Gasteiger partial charge >= 0.3 is 0 Å². The number of halogens is 1. The van der Waals surface area contributed by atoms with Crippen LogP contribution in [0.15, 0.2) is 16.7 Å². The Morgan fingerprint density at radius 3 is 2.42 bits per heavy atom. The van der Waals surface area contributed by atoms with Crippen LogP contribution >= 0.6 is 15.9 Å². The molecule has 0 aromatic carbocycles. The molecule has 0 bridgehead atoms. The van der Waals surface area contributed by atoms with E-state index in [4.69, 9.17) is 5.73 Å². The predicted molar refractivity (Wildman–Crippen MR) is 59.3 cm³/mol. The van der Waals surface area contributed by atoms with E-state index in [-0.39, 0.29) is 0 Å². The third-order valence-electron chi connectivity index (χ3n) is 1.59. The summed E-state index contributed by atoms with van der Waals surface area (Å²) in [5, 5.41) is 1.09. The summed E-state index contributed by atoms with van der Waals surface area (Å²) in [6.07, 6.45) is 1.81. The average Bonchev–Trinajstić information content (AvgIpc) is 1.83. The molecule has 0 fully saturated rings. The lowest BCUT2D eigenvalue weighted by molar-refractivity contribution is 1.34. The van der Waals surface area contributed by atoms with Crippen molar-refractivity contribution in [3.05, 3.63) is 16.7 Å². The molecule has 66 valence electrons. The van der Waals surface area contributed by atoms with Crippen molar-refractivity contribution >= 4 is 35.0 Å². The van der Waals surface area contributed by atoms with Crippen molar-refractivity contribution in [2.45, 2.75) is 19.6 Å². The van der Waals surface area contributed by atoms with Crippen molar-refractivity contribution < 1.29 is 0 Å². The van der Waals surface area contributed by atoms with E-state index in [1.165, 1.54) is 0 Å². The van der Waals surface area contributed by atoms with Gasteiger partial charge in [0.1, 0.15) is 8.07 Å². The quantitative estimate of drug-likeness (QED) is 0.768. The molecule has 2 nitrogen and oxygen atoms in total. The van der Waals surface area contributed by atoms with Crippen molar-refractivity contribution in [1.29, 1.82) is 0 Å². The molecular formula is C8H13BrN2Si. The Morgan fingerprint density at radius 1 is 1.42 bits per heavy atom. The lowest BCUT2D eigenvalue weighted by atomic mass is 10.4. The normalized spacial score (nSPS) is 11.7. The van der Waals surface area contributed by atoms with Gasteiger partial charge < -0.3 is 5.73 Å². The molecule has 0 aliphatic carbocycles. The molecule has 0 spiro atoms. The zero-order valence-electron chi connectivity index (χ0n) is 7.56. The van der Waals surface area contributed by atoms with Crippen LogP contribution in [-0.2, 0) is 0 Å². The molecule has 0 aliphatic rings. The van der Waals surface area contributed by atoms with E-state index >= 15 is 0 Å². The molecule has 0 atom stereocenters. The van der Waals surface area contributed by atoms with Gasteiger partial charge in [0.15, 0.2) is 0 Å². The minimum Gasteiger partial charge on any atom is -0.398 e. The monoisotopic (exact) mass is 244 g/mol. The molecule has 0 amide bonds. The minimum atomic E-state index is -1.36. The molecule has 1 aromatic rings. The van der Waals surface area contributed by atoms with Crippen LogP contribution in [0.1, 0.15) is 0 Å². The predicted octanol–water partition coefficient (Wildman–Crippen LogP) is 1.97. The van der Waals surface area contributed by atoms with Crippen LogP contribution in [0.4, 0.5) is 5.69 Å². The van der Waals surface area contributed by atoms with Gasteiger partial charge in [-0.2, -0.15) is 0 Å². The van der Waals surface area contributed by atoms with E-state index in [9.17, 15) is 0 Å². The van der Waals surface area contributed by atoms with E-state index in [1.807, 2.05) is 12.3 Å². The Bertz CT molecular complexity index is 294. The third-order valence-corrected chi connectivity index (χ3v) is 3.87. The molecule has 2 N–H and O–H groups in total. The molecule has 0 radical (unpaired) electrons. The second kappa shape index (κ2) is 3.18. The highest BCUT2D eigenvalue weighted by Gasteiger charge is 2.20. The molecule has 4 heteroatoms. The van der Waals surface area contributed by atoms with Gasteiger partial charge in [-0.05, 0) is 22.0 Å². The number of anilines is 1. The Kier molecular flexibility index (Phi) is 2.58. The average molecular weight is 245 g/mol. The highest BCUT2D eigenvalue weighted by Crippen LogP contribution is 2.13. The number of rotatable bonds is 1. The first-order chi connectivity index (χ1) is 5.41. The van der Waals surface area contributed by atoms with E-state index in [0.29, 0.717) is 0 Å². The standard InChI is InChI=1S/C8H13BrN2Si/c1-12(2,3)8-7(10)4-6(9)5-11-8/h4-5H,10H2,1-3H3. The SMILES string of the molecule is C[Si](C)(C)c1ncc(Br)cc1N. The van der Waals surface area contributed by atoms with Crippen molar-refractivity contribution in [1.82, 2.24) is 4.98 Å². The molecule has 1 heterocycles. The smallest absolute Gasteiger partial charge is 0.104 e. The fourth-order valence-electron chi connectivity index (χ4n) is 1.08. The van der Waals surface area contributed by atoms with Gasteiger partial charge in [-0.1, -0.05) is 19.6 Å². The summed E-state index contributed by atoms with van der Waals surface area (Å²) >= 11 is 3.34. The Balaban J connectivity index is 3.19. The first kappa shape index (κ1) is 9.73. The van der Waals surface area contributed by atoms with Gasteiger partial charge in [0.25, 0.3) is 0 Å². The minimum absolute atomic E-state index is 0.809. The number of hydrogen-bond acceptors (Lipinski definition) is 2. The van der Waals surface area contributed by atoms with E-state index in [0.717, 1.165) is 15.5 Å². The molecule has 12 heavy (non-hydrogen) atoms. The number of hydrogen-bond donors (Lipinski definition) is 1. The maximum Gasteiger partial charge on any atom is 0.104 e. The Labute approximate surface area is 82.3 Å². The number of nitrogens with zero attached hydrogens (tertiary/aromatic N) is 1. The van der Waals surface area contributed by atoms with Crippen LogP contribution in [0.2, 0.25) is 19.6 Å². The summed E-state index contributed by atoms with van der Waals surface area (Å²) in [6, 6.07) is 1.92. The number of aromatic nitrogens is 1. The number of pyridine rings is 1. The van der Waals surface area contributed by atoms with Crippen molar-refractivity contribution in [3.8, 4) is 0 Å². The summed E-state index contributed by atoms with van der Waals surface area (Å²) in [4.78, 5) is 4.34. The number of nitrogen functional groups attached to an aromatic ring is 1. The largest absolute Gasteiger partial charge is 0.398 e. The van der Waals surface area contributed by atoms with Crippen LogP contribution in [0.5, 0.6) is 0 Å². The first-order valence-electron chi connectivity index (χ1n) is 3.83. The molecule has 0 saturated heterocycles. The van der Waals surface area contributed by atoms with Crippen LogP contribution in [0, 0.1) is 0 Å². The number of nitrogens with two attached hydrogens (primary N) is 1. The molecule has 0 saturated carbocycles. The zero-order chi connectivity index (χ0) is 9.35. The zero-order valence-corrected chi connectivity index (χ0v) is 10.1. The first-order valence-corrected chi connectivity index (χ1v) is 8.12. The van der Waals surface area contributed by atoms with Gasteiger partial charge in [-0.25, -0.2) is 0 Å². The van der Waals surface area contributed by atoms with Gasteiger partial charge in [-0.15, -0.1) is 0 Å². The topological polar surface area (TPSA) is 38.9 Å². The summed E-state index contributed by atoms with van der Waals surface area (Å²) in [7, 11) is -1.36. The molecule has 0 unspecified atom stereocenters. The molecule has 1 aromatic heterocycles. The van der Waals surface area contributed by atoms with Gasteiger partial charge in [-0.3, -0.25) is 4.98 Å². The molecular weight excluding hydrogens is 232 g/mol. The fraction of sp³-hybridized carbons (Fsp3) is 0.375. The summed E-state index contributed by atoms with van der Waals surface area (Å²) in [5.74, 6) is 0. The Morgan fingerprint density at radius 2 is 2.00 bits per heavy atom. The maximum absolute atomic E-state index is 5.85. The van der Waals surface area contributed by atoms with E-state index < -0.39 is 8.07 Å². The third kappa shape index (κ3) is 2.07. The van der Waals surface area contributed by atoms with Gasteiger partial charge in [0, 0.05) is 21.7 Å². The fourth-order valence-corrected chi connectivity index (χ4v) is 2.82. The van der Waals surface area contributed by atoms with E-state index in [2.05, 4.69) is 40.6 Å². The Hall–Kier alpha value is -0.353. The highest BCUT2D eigenvalue weighted by atomic mass is 79.9. The van der Waals surface area contributed by atoms with Crippen LogP contribution in [0.25, 0.3) is 0 Å². The van der Waals surface area contributed by atoms with Crippen molar-refractivity contribution in [2.75, 3.05) is 5.73 Å². The van der Waals surface area contributed by atoms with Gasteiger partial charge in [0.2, 0.25) is 0 Å². The van der Waals surface area contributed by atoms with E-state index in [1.54, 1.807) is 0 Å². The second-order valence-corrected chi connectivity index (χ2v) is 9.73. The van der Waals surface area contributed by atoms with Crippen molar-refractivity contribution in [2.24, 2.45) is 0 Å². The second-order valence-electron chi connectivity index (χ2n) is 3.84. The summed E-state index contributed by atoms with van der Waals surface area (Å²) < 4.78 is 0.946. The maximum atomic E-state index is 5.85. The highest BCUT2D eigenvalue weighted by molar-refractivity contribution is 9.10. The van der Waals surface area contributed by atoms with Crippen molar-refractivity contribution in [3.63, 3.8) is 0 Å². The van der Waals surface area contributed by atoms with Crippen LogP contribution in [0.3, 0.4) is 0 Å². The van der Waals surface area contributed by atoms with Gasteiger partial charge in [0.05, 0.1) is 0 Å². The lowest BCUT2D eigenvalue weighted by Crippen LogP contribution is -2.41. The summed E-state index contributed by atoms with van der Waals surface area (Å²) in [6.45, 7) is 6.71. The van der Waals surface area contributed by atoms with Crippen LogP contribution < -0.4 is 11.1 Å². The lowest BCUT2D eigenvalue weighted by Gasteiger charge is -2.17. The molecule has 0 aliphatic heterocycles. The van der Waals surface area contributed by atoms with Crippen LogP contribution in [-0.4, -0.2) is 13.1 Å². The molecule has 1 rings (SSSR count).